The summed E-state index contributed by atoms with van der Waals surface area (Å²) < 4.78 is 19.0. The normalized spacial score (nSPS) is 15.4. The Hall–Kier alpha value is -4.46. The highest BCUT2D eigenvalue weighted by atomic mass is 19.1. The fourth-order valence-corrected chi connectivity index (χ4v) is 4.73. The molecule has 1 saturated heterocycles. The van der Waals surface area contributed by atoms with Crippen LogP contribution in [0.3, 0.4) is 0 Å². The third kappa shape index (κ3) is 4.82. The molecule has 1 atom stereocenters. The van der Waals surface area contributed by atoms with E-state index in [-0.39, 0.29) is 24.4 Å². The molecule has 3 aromatic carbocycles. The molecule has 0 radical (unpaired) electrons. The van der Waals surface area contributed by atoms with Crippen LogP contribution in [0.15, 0.2) is 79.0 Å². The lowest BCUT2D eigenvalue weighted by atomic mass is 10.1. The minimum atomic E-state index is -0.971. The van der Waals surface area contributed by atoms with Gasteiger partial charge in [-0.2, -0.15) is 0 Å². The Morgan fingerprint density at radius 1 is 1.05 bits per heavy atom. The van der Waals surface area contributed by atoms with Crippen molar-refractivity contribution in [3.63, 3.8) is 0 Å². The van der Waals surface area contributed by atoms with Gasteiger partial charge in [0.2, 0.25) is 5.91 Å². The molecule has 1 unspecified atom stereocenters. The first kappa shape index (κ1) is 24.2. The molecule has 4 aromatic rings. The van der Waals surface area contributed by atoms with Gasteiger partial charge in [0.05, 0.1) is 18.7 Å². The van der Waals surface area contributed by atoms with Crippen molar-refractivity contribution in [1.82, 2.24) is 9.88 Å². The van der Waals surface area contributed by atoms with E-state index in [1.165, 1.54) is 29.2 Å². The van der Waals surface area contributed by atoms with Gasteiger partial charge in [-0.15, -0.1) is 0 Å². The van der Waals surface area contributed by atoms with E-state index < -0.39 is 23.7 Å². The van der Waals surface area contributed by atoms with Crippen LogP contribution < -0.4 is 9.64 Å². The van der Waals surface area contributed by atoms with Gasteiger partial charge in [0.25, 0.3) is 11.8 Å². The zero-order valence-corrected chi connectivity index (χ0v) is 20.3. The number of halogens is 1. The number of H-pyrrole nitrogens is 1. The lowest BCUT2D eigenvalue weighted by Crippen LogP contribution is -2.46. The third-order valence-corrected chi connectivity index (χ3v) is 6.55. The zero-order chi connectivity index (χ0) is 25.9. The van der Waals surface area contributed by atoms with E-state index in [0.717, 1.165) is 21.4 Å². The molecule has 1 aliphatic rings. The van der Waals surface area contributed by atoms with Gasteiger partial charge in [-0.1, -0.05) is 18.2 Å². The summed E-state index contributed by atoms with van der Waals surface area (Å²) >= 11 is 0. The first-order valence-electron chi connectivity index (χ1n) is 12.2. The quantitative estimate of drug-likeness (QED) is 0.356. The number of carbonyl (C=O) groups is 3. The second-order valence-electron chi connectivity index (χ2n) is 8.83. The van der Waals surface area contributed by atoms with Crippen molar-refractivity contribution in [2.24, 2.45) is 0 Å². The molecule has 1 aromatic heterocycles. The number of hydrogen-bond acceptors (Lipinski definition) is 4. The number of rotatable bonds is 8. The summed E-state index contributed by atoms with van der Waals surface area (Å²) in [7, 11) is 0. The number of ether oxygens (including phenoxy) is 1. The number of fused-ring (bicyclic) bond motifs is 1. The lowest BCUT2D eigenvalue weighted by Gasteiger charge is -2.28. The van der Waals surface area contributed by atoms with Crippen molar-refractivity contribution in [2.75, 3.05) is 18.1 Å². The van der Waals surface area contributed by atoms with E-state index in [4.69, 9.17) is 4.74 Å². The maximum atomic E-state index is 13.6. The summed E-state index contributed by atoms with van der Waals surface area (Å²) in [6.07, 6.45) is 2.23. The van der Waals surface area contributed by atoms with Crippen molar-refractivity contribution in [3.05, 3.63) is 95.9 Å². The molecule has 1 fully saturated rings. The molecule has 8 heteroatoms. The maximum Gasteiger partial charge on any atom is 0.257 e. The Morgan fingerprint density at radius 3 is 2.51 bits per heavy atom. The number of anilines is 1. The van der Waals surface area contributed by atoms with Crippen LogP contribution in [0.5, 0.6) is 5.75 Å². The van der Waals surface area contributed by atoms with Gasteiger partial charge in [0.1, 0.15) is 17.6 Å². The average Bonchev–Trinajstić information content (AvgIpc) is 3.45. The Morgan fingerprint density at radius 2 is 1.78 bits per heavy atom. The Bertz CT molecular complexity index is 1450. The number of nitrogens with one attached hydrogen (secondary N) is 1. The highest BCUT2D eigenvalue weighted by molar-refractivity contribution is 6.23. The van der Waals surface area contributed by atoms with Gasteiger partial charge in [0.15, 0.2) is 0 Å². The number of hydrogen-bond donors (Lipinski definition) is 1. The van der Waals surface area contributed by atoms with E-state index in [1.807, 2.05) is 37.4 Å². The number of para-hydroxylation sites is 1. The van der Waals surface area contributed by atoms with Gasteiger partial charge >= 0.3 is 0 Å². The van der Waals surface area contributed by atoms with E-state index in [9.17, 15) is 18.8 Å². The molecule has 2 heterocycles. The van der Waals surface area contributed by atoms with Gasteiger partial charge in [-0.05, 0) is 73.5 Å². The van der Waals surface area contributed by atoms with Crippen LogP contribution in [0.2, 0.25) is 0 Å². The molecule has 0 bridgehead atoms. The van der Waals surface area contributed by atoms with Crippen LogP contribution in [0.25, 0.3) is 10.9 Å². The molecule has 1 aliphatic heterocycles. The SMILES string of the molecule is CCOc1ccc(N2C(=O)CC(N(CCc3c[nH]c4ccccc34)C(=O)c3ccc(F)cc3)C2=O)cc1. The number of aromatic nitrogens is 1. The summed E-state index contributed by atoms with van der Waals surface area (Å²) in [5, 5.41) is 1.03. The van der Waals surface area contributed by atoms with Crippen LogP contribution in [-0.2, 0) is 16.0 Å². The van der Waals surface area contributed by atoms with Crippen LogP contribution in [-0.4, -0.2) is 46.8 Å². The topological polar surface area (TPSA) is 82.7 Å². The fraction of sp³-hybridized carbons (Fsp3) is 0.207. The summed E-state index contributed by atoms with van der Waals surface area (Å²) in [5.74, 6) is -1.12. The number of carbonyl (C=O) groups excluding carboxylic acids is 3. The largest absolute Gasteiger partial charge is 0.494 e. The number of imide groups is 1. The fourth-order valence-electron chi connectivity index (χ4n) is 4.73. The summed E-state index contributed by atoms with van der Waals surface area (Å²) in [4.78, 5) is 45.9. The highest BCUT2D eigenvalue weighted by Gasteiger charge is 2.44. The third-order valence-electron chi connectivity index (χ3n) is 6.55. The average molecular weight is 500 g/mol. The second kappa shape index (κ2) is 10.3. The van der Waals surface area contributed by atoms with Crippen molar-refractivity contribution >= 4 is 34.3 Å². The van der Waals surface area contributed by atoms with Crippen molar-refractivity contribution in [3.8, 4) is 5.75 Å². The number of nitrogens with zero attached hydrogens (tertiary/aromatic N) is 2. The zero-order valence-electron chi connectivity index (χ0n) is 20.3. The van der Waals surface area contributed by atoms with E-state index >= 15 is 0 Å². The summed E-state index contributed by atoms with van der Waals surface area (Å²) in [6.45, 7) is 2.58. The molecular formula is C29H26FN3O4. The molecule has 1 N–H and O–H groups in total. The number of benzene rings is 3. The summed E-state index contributed by atoms with van der Waals surface area (Å²) in [6, 6.07) is 18.8. The smallest absolute Gasteiger partial charge is 0.257 e. The predicted octanol–water partition coefficient (Wildman–Crippen LogP) is 4.72. The molecule has 37 heavy (non-hydrogen) atoms. The lowest BCUT2D eigenvalue weighted by molar-refractivity contribution is -0.122. The molecule has 5 rings (SSSR count). The molecule has 0 aliphatic carbocycles. The molecule has 3 amide bonds. The van der Waals surface area contributed by atoms with Crippen molar-refractivity contribution in [2.45, 2.75) is 25.8 Å². The van der Waals surface area contributed by atoms with Crippen LogP contribution >= 0.6 is 0 Å². The van der Waals surface area contributed by atoms with Crippen molar-refractivity contribution in [1.29, 1.82) is 0 Å². The summed E-state index contributed by atoms with van der Waals surface area (Å²) in [5.41, 5.74) is 2.64. The molecule has 188 valence electrons. The second-order valence-corrected chi connectivity index (χ2v) is 8.83. The monoisotopic (exact) mass is 499 g/mol. The van der Waals surface area contributed by atoms with Gasteiger partial charge in [-0.25, -0.2) is 9.29 Å². The van der Waals surface area contributed by atoms with Gasteiger partial charge < -0.3 is 14.6 Å². The number of aromatic amines is 1. The Labute approximate surface area is 213 Å². The minimum absolute atomic E-state index is 0.132. The van der Waals surface area contributed by atoms with Crippen molar-refractivity contribution < 1.29 is 23.5 Å². The predicted molar refractivity (Wildman–Crippen MR) is 138 cm³/mol. The molecule has 7 nitrogen and oxygen atoms in total. The van der Waals surface area contributed by atoms with Crippen LogP contribution in [0, 0.1) is 5.82 Å². The van der Waals surface area contributed by atoms with Gasteiger partial charge in [0, 0.05) is 29.2 Å². The van der Waals surface area contributed by atoms with E-state index in [2.05, 4.69) is 4.98 Å². The standard InChI is InChI=1S/C29H26FN3O4/c1-2-37-23-13-11-22(12-14-23)33-27(34)17-26(29(33)36)32(28(35)19-7-9-21(30)10-8-19)16-15-20-18-31-25-6-4-3-5-24(20)25/h3-14,18,26,31H,2,15-17H2,1H3. The highest BCUT2D eigenvalue weighted by Crippen LogP contribution is 2.29. The maximum absolute atomic E-state index is 13.6. The van der Waals surface area contributed by atoms with E-state index in [1.54, 1.807) is 24.3 Å². The molecule has 0 saturated carbocycles. The molecule has 0 spiro atoms. The van der Waals surface area contributed by atoms with Crippen LogP contribution in [0.4, 0.5) is 10.1 Å². The van der Waals surface area contributed by atoms with E-state index in [0.29, 0.717) is 24.5 Å². The number of amides is 3. The first-order valence-corrected chi connectivity index (χ1v) is 12.2. The Kier molecular flexibility index (Phi) is 6.72. The van der Waals surface area contributed by atoms with Gasteiger partial charge in [-0.3, -0.25) is 14.4 Å². The molecular weight excluding hydrogens is 473 g/mol. The Balaban J connectivity index is 1.43. The minimum Gasteiger partial charge on any atom is -0.494 e. The first-order chi connectivity index (χ1) is 18.0. The van der Waals surface area contributed by atoms with Crippen LogP contribution in [0.1, 0.15) is 29.3 Å².